The second-order valence-electron chi connectivity index (χ2n) is 6.47. The Hall–Kier alpha value is -2.11. The lowest BCUT2D eigenvalue weighted by molar-refractivity contribution is 0.280. The number of furan rings is 1. The fourth-order valence-corrected chi connectivity index (χ4v) is 3.72. The molecule has 0 aliphatic carbocycles. The number of nitrogens with one attached hydrogen (secondary N) is 1. The van der Waals surface area contributed by atoms with Crippen LogP contribution < -0.4 is 10.1 Å². The fraction of sp³-hybridized carbons (Fsp3) is 0.300. The molecule has 4 rings (SSSR count). The van der Waals surface area contributed by atoms with Crippen LogP contribution in [-0.2, 0) is 6.61 Å². The number of rotatable bonds is 4. The first kappa shape index (κ1) is 17.3. The zero-order valence-electron chi connectivity index (χ0n) is 14.0. The van der Waals surface area contributed by atoms with Crippen molar-refractivity contribution < 1.29 is 17.9 Å². The number of benzene rings is 2. The summed E-state index contributed by atoms with van der Waals surface area (Å²) in [5.41, 5.74) is 1.82. The zero-order valence-corrected chi connectivity index (χ0v) is 14.8. The van der Waals surface area contributed by atoms with Crippen LogP contribution >= 0.6 is 11.6 Å². The van der Waals surface area contributed by atoms with Gasteiger partial charge in [-0.25, -0.2) is 4.39 Å². The van der Waals surface area contributed by atoms with Gasteiger partial charge in [0, 0.05) is 22.6 Å². The van der Waals surface area contributed by atoms with E-state index in [0.29, 0.717) is 21.6 Å². The molecule has 1 aromatic heterocycles. The molecule has 0 spiro atoms. The number of hydrogen-bond acceptors (Lipinski definition) is 3. The van der Waals surface area contributed by atoms with Crippen molar-refractivity contribution in [3.63, 3.8) is 0 Å². The molecule has 3 aromatic rings. The van der Waals surface area contributed by atoms with Crippen LogP contribution in [0.15, 0.2) is 40.8 Å². The van der Waals surface area contributed by atoms with Gasteiger partial charge in [-0.3, -0.25) is 0 Å². The molecule has 2 heterocycles. The fourth-order valence-electron chi connectivity index (χ4n) is 3.51. The van der Waals surface area contributed by atoms with Crippen LogP contribution in [0.25, 0.3) is 11.0 Å². The maximum atomic E-state index is 14.4. The van der Waals surface area contributed by atoms with E-state index in [1.807, 2.05) is 6.07 Å². The molecule has 1 aliphatic rings. The van der Waals surface area contributed by atoms with Gasteiger partial charge in [-0.1, -0.05) is 29.8 Å². The topological polar surface area (TPSA) is 34.4 Å². The maximum Gasteiger partial charge on any atom is 0.278 e. The maximum absolute atomic E-state index is 14.4. The van der Waals surface area contributed by atoms with Gasteiger partial charge < -0.3 is 14.5 Å². The highest BCUT2D eigenvalue weighted by molar-refractivity contribution is 6.35. The summed E-state index contributed by atoms with van der Waals surface area (Å²) in [4.78, 5) is 0. The molecule has 0 unspecified atom stereocenters. The van der Waals surface area contributed by atoms with Gasteiger partial charge in [0.15, 0.2) is 11.6 Å². The molecule has 0 radical (unpaired) electrons. The smallest absolute Gasteiger partial charge is 0.278 e. The van der Waals surface area contributed by atoms with E-state index in [2.05, 4.69) is 5.32 Å². The van der Waals surface area contributed by atoms with E-state index in [0.717, 1.165) is 31.5 Å². The highest BCUT2D eigenvalue weighted by Gasteiger charge is 2.22. The van der Waals surface area contributed by atoms with Gasteiger partial charge in [0.1, 0.15) is 12.2 Å². The minimum atomic E-state index is -0.712. The summed E-state index contributed by atoms with van der Waals surface area (Å²) in [5.74, 6) is 0.125. The molecule has 136 valence electrons. The van der Waals surface area contributed by atoms with E-state index in [-0.39, 0.29) is 18.3 Å². The van der Waals surface area contributed by atoms with Gasteiger partial charge in [0.2, 0.25) is 0 Å². The van der Waals surface area contributed by atoms with Crippen molar-refractivity contribution in [3.05, 3.63) is 64.4 Å². The molecule has 2 aromatic carbocycles. The summed E-state index contributed by atoms with van der Waals surface area (Å²) in [6.45, 7) is 1.88. The third kappa shape index (κ3) is 3.29. The summed E-state index contributed by atoms with van der Waals surface area (Å²) in [6.07, 6.45) is 1.88. The van der Waals surface area contributed by atoms with Crippen LogP contribution in [0.4, 0.5) is 8.78 Å². The van der Waals surface area contributed by atoms with Gasteiger partial charge >= 0.3 is 0 Å². The normalized spacial score (nSPS) is 15.5. The van der Waals surface area contributed by atoms with E-state index < -0.39 is 11.8 Å². The Bertz CT molecular complexity index is 935. The molecule has 0 atom stereocenters. The zero-order chi connectivity index (χ0) is 18.1. The Labute approximate surface area is 154 Å². The van der Waals surface area contributed by atoms with E-state index in [4.69, 9.17) is 20.8 Å². The second-order valence-corrected chi connectivity index (χ2v) is 6.88. The van der Waals surface area contributed by atoms with Crippen molar-refractivity contribution >= 4 is 22.6 Å². The predicted molar refractivity (Wildman–Crippen MR) is 96.8 cm³/mol. The van der Waals surface area contributed by atoms with Gasteiger partial charge in [-0.15, -0.1) is 0 Å². The molecule has 3 nitrogen and oxygen atoms in total. The van der Waals surface area contributed by atoms with Gasteiger partial charge in [0.25, 0.3) is 6.01 Å². The average molecular weight is 378 g/mol. The van der Waals surface area contributed by atoms with Crippen molar-refractivity contribution in [1.29, 1.82) is 0 Å². The molecule has 6 heteroatoms. The average Bonchev–Trinajstić information content (AvgIpc) is 3.05. The van der Waals surface area contributed by atoms with Gasteiger partial charge in [-0.2, -0.15) is 4.39 Å². The Morgan fingerprint density at radius 2 is 1.96 bits per heavy atom. The summed E-state index contributed by atoms with van der Waals surface area (Å²) < 4.78 is 38.9. The molecule has 1 aliphatic heterocycles. The van der Waals surface area contributed by atoms with Crippen molar-refractivity contribution in [1.82, 2.24) is 5.32 Å². The van der Waals surface area contributed by atoms with E-state index in [1.165, 1.54) is 12.1 Å². The number of ether oxygens (including phenoxy) is 1. The van der Waals surface area contributed by atoms with E-state index >= 15 is 0 Å². The van der Waals surface area contributed by atoms with Crippen LogP contribution in [0.2, 0.25) is 5.02 Å². The highest BCUT2D eigenvalue weighted by Crippen LogP contribution is 2.36. The summed E-state index contributed by atoms with van der Waals surface area (Å²) >= 11 is 6.08. The standard InChI is InChI=1S/C20H18ClF2NO2/c21-16-5-4-13(19-15(16)10-18(23)26-19)11-25-20-14(2-1-3-17(20)22)12-6-8-24-9-7-12/h1-5,10,12,24H,6-9,11H2. The predicted octanol–water partition coefficient (Wildman–Crippen LogP) is 5.41. The molecule has 26 heavy (non-hydrogen) atoms. The largest absolute Gasteiger partial charge is 0.485 e. The van der Waals surface area contributed by atoms with Gasteiger partial charge in [0.05, 0.1) is 5.02 Å². The van der Waals surface area contributed by atoms with Crippen molar-refractivity contribution in [2.24, 2.45) is 0 Å². The Morgan fingerprint density at radius 3 is 2.77 bits per heavy atom. The number of fused-ring (bicyclic) bond motifs is 1. The third-order valence-corrected chi connectivity index (χ3v) is 5.16. The highest BCUT2D eigenvalue weighted by atomic mass is 35.5. The Balaban J connectivity index is 1.63. The Morgan fingerprint density at radius 1 is 1.15 bits per heavy atom. The molecular formula is C20H18ClF2NO2. The first-order valence-corrected chi connectivity index (χ1v) is 8.99. The summed E-state index contributed by atoms with van der Waals surface area (Å²) in [6, 6.07) is 8.91. The van der Waals surface area contributed by atoms with Crippen LogP contribution in [0.5, 0.6) is 5.75 Å². The molecule has 0 amide bonds. The first-order chi connectivity index (χ1) is 12.6. The van der Waals surface area contributed by atoms with Crippen molar-refractivity contribution in [2.45, 2.75) is 25.4 Å². The quantitative estimate of drug-likeness (QED) is 0.660. The molecule has 1 saturated heterocycles. The van der Waals surface area contributed by atoms with Crippen molar-refractivity contribution in [3.8, 4) is 5.75 Å². The molecule has 1 fully saturated rings. The summed E-state index contributed by atoms with van der Waals surface area (Å²) in [5, 5.41) is 4.19. The monoisotopic (exact) mass is 377 g/mol. The first-order valence-electron chi connectivity index (χ1n) is 8.62. The number of hydrogen-bond donors (Lipinski definition) is 1. The van der Waals surface area contributed by atoms with Gasteiger partial charge in [-0.05, 0) is 44.0 Å². The lowest BCUT2D eigenvalue weighted by atomic mass is 9.89. The number of para-hydroxylation sites is 1. The minimum absolute atomic E-state index is 0.0690. The minimum Gasteiger partial charge on any atom is -0.485 e. The molecule has 1 N–H and O–H groups in total. The van der Waals surface area contributed by atoms with Crippen LogP contribution in [0, 0.1) is 11.8 Å². The third-order valence-electron chi connectivity index (χ3n) is 4.83. The van der Waals surface area contributed by atoms with Crippen LogP contribution in [0.1, 0.15) is 29.9 Å². The van der Waals surface area contributed by atoms with E-state index in [1.54, 1.807) is 18.2 Å². The lowest BCUT2D eigenvalue weighted by Gasteiger charge is -2.25. The summed E-state index contributed by atoms with van der Waals surface area (Å²) in [7, 11) is 0. The Kier molecular flexibility index (Phi) is 4.83. The van der Waals surface area contributed by atoms with Crippen molar-refractivity contribution in [2.75, 3.05) is 13.1 Å². The van der Waals surface area contributed by atoms with E-state index in [9.17, 15) is 8.78 Å². The second kappa shape index (κ2) is 7.25. The lowest BCUT2D eigenvalue weighted by Crippen LogP contribution is -2.27. The molecule has 0 bridgehead atoms. The SMILES string of the molecule is Fc1cc2c(Cl)ccc(COc3c(F)cccc3C3CCNCC3)c2o1. The number of halogens is 3. The molecular weight excluding hydrogens is 360 g/mol. The van der Waals surface area contributed by atoms with Crippen LogP contribution in [0.3, 0.4) is 0 Å². The molecule has 0 saturated carbocycles. The number of piperidine rings is 1. The van der Waals surface area contributed by atoms with Crippen LogP contribution in [-0.4, -0.2) is 13.1 Å².